The molecule has 5 aliphatic carbocycles. The number of benzene rings is 1. The van der Waals surface area contributed by atoms with Crippen LogP contribution in [-0.2, 0) is 9.59 Å². The zero-order chi connectivity index (χ0) is 21.8. The first kappa shape index (κ1) is 21.8. The van der Waals surface area contributed by atoms with Crippen molar-refractivity contribution < 1.29 is 9.59 Å². The van der Waals surface area contributed by atoms with Crippen molar-refractivity contribution in [3.8, 4) is 0 Å². The molecule has 2 unspecified atom stereocenters. The van der Waals surface area contributed by atoms with Gasteiger partial charge in [0.05, 0.1) is 5.41 Å². The van der Waals surface area contributed by atoms with Gasteiger partial charge in [-0.3, -0.25) is 9.59 Å². The monoisotopic (exact) mass is 505 g/mol. The van der Waals surface area contributed by atoms with E-state index in [1.807, 2.05) is 38.1 Å². The molecule has 0 aliphatic heterocycles. The smallest absolute Gasteiger partial charge is 0.240 e. The van der Waals surface area contributed by atoms with Gasteiger partial charge in [-0.15, -0.1) is 0 Å². The van der Waals surface area contributed by atoms with E-state index in [1.54, 1.807) is 0 Å². The number of carbonyl (C=O) groups is 2. The molecule has 31 heavy (non-hydrogen) atoms. The molecule has 3 N–H and O–H groups in total. The molecule has 5 saturated carbocycles. The maximum Gasteiger partial charge on any atom is 0.240 e. The number of hydrogen-bond acceptors (Lipinski definition) is 4. The summed E-state index contributed by atoms with van der Waals surface area (Å²) in [5.41, 5.74) is -0.876. The van der Waals surface area contributed by atoms with Crippen molar-refractivity contribution in [1.29, 1.82) is 0 Å². The van der Waals surface area contributed by atoms with Crippen molar-refractivity contribution in [1.82, 2.24) is 15.4 Å². The van der Waals surface area contributed by atoms with E-state index in [0.29, 0.717) is 29.7 Å². The lowest BCUT2D eigenvalue weighted by Gasteiger charge is -2.59. The maximum absolute atomic E-state index is 13.3. The van der Waals surface area contributed by atoms with Crippen LogP contribution in [0.5, 0.6) is 0 Å². The van der Waals surface area contributed by atoms with Crippen molar-refractivity contribution in [2.75, 3.05) is 0 Å². The Kier molecular flexibility index (Phi) is 5.67. The summed E-state index contributed by atoms with van der Waals surface area (Å²) >= 11 is 5.04. The molecule has 5 aliphatic rings. The van der Waals surface area contributed by atoms with Gasteiger partial charge in [-0.1, -0.05) is 12.1 Å². The summed E-state index contributed by atoms with van der Waals surface area (Å²) in [7, 11) is 0. The van der Waals surface area contributed by atoms with E-state index in [9.17, 15) is 9.59 Å². The second-order valence-electron chi connectivity index (χ2n) is 10.8. The molecule has 2 amide bonds. The number of hydrogen-bond donors (Lipinski definition) is 3. The third kappa shape index (κ3) is 4.30. The molecule has 0 radical (unpaired) electrons. The zero-order valence-electron chi connectivity index (χ0n) is 18.2. The van der Waals surface area contributed by atoms with E-state index < -0.39 is 5.54 Å². The Morgan fingerprint density at radius 2 is 1.74 bits per heavy atom. The second kappa shape index (κ2) is 8.07. The first-order valence-electron chi connectivity index (χ1n) is 11.6. The van der Waals surface area contributed by atoms with Gasteiger partial charge < -0.3 is 10.6 Å². The molecular formula is C24H32BrN3O2S. The molecule has 1 aromatic carbocycles. The summed E-state index contributed by atoms with van der Waals surface area (Å²) in [6.07, 6.45) is 7.49. The summed E-state index contributed by atoms with van der Waals surface area (Å²) in [6, 6.07) is 8.62. The van der Waals surface area contributed by atoms with Gasteiger partial charge in [0.25, 0.3) is 0 Å². The summed E-state index contributed by atoms with van der Waals surface area (Å²) in [5.74, 6) is 1.83. The van der Waals surface area contributed by atoms with Crippen molar-refractivity contribution in [2.24, 2.45) is 23.2 Å². The molecule has 4 bridgehead atoms. The molecule has 0 saturated heterocycles. The highest BCUT2D eigenvalue weighted by Crippen LogP contribution is 2.60. The minimum atomic E-state index is -0.699. The van der Waals surface area contributed by atoms with Crippen LogP contribution in [0.15, 0.2) is 33.6 Å². The Balaban J connectivity index is 1.23. The number of amides is 2. The van der Waals surface area contributed by atoms with Gasteiger partial charge in [0, 0.05) is 21.5 Å². The van der Waals surface area contributed by atoms with E-state index in [4.69, 9.17) is 0 Å². The Morgan fingerprint density at radius 3 is 2.39 bits per heavy atom. The average molecular weight is 507 g/mol. The molecule has 0 spiro atoms. The van der Waals surface area contributed by atoms with Crippen LogP contribution in [0.2, 0.25) is 0 Å². The quantitative estimate of drug-likeness (QED) is 0.479. The third-order valence-corrected chi connectivity index (χ3v) is 9.93. The molecule has 6 rings (SSSR count). The minimum absolute atomic E-state index is 0.0426. The van der Waals surface area contributed by atoms with E-state index >= 15 is 0 Å². The van der Waals surface area contributed by atoms with E-state index in [1.165, 1.54) is 11.9 Å². The predicted molar refractivity (Wildman–Crippen MR) is 126 cm³/mol. The van der Waals surface area contributed by atoms with E-state index in [0.717, 1.165) is 54.3 Å². The first-order valence-corrected chi connectivity index (χ1v) is 13.2. The molecule has 5 nitrogen and oxygen atoms in total. The van der Waals surface area contributed by atoms with Gasteiger partial charge in [-0.2, -0.15) is 0 Å². The van der Waals surface area contributed by atoms with Crippen LogP contribution in [0.3, 0.4) is 0 Å². The molecule has 2 atom stereocenters. The fourth-order valence-electron chi connectivity index (χ4n) is 6.19. The minimum Gasteiger partial charge on any atom is -0.353 e. The first-order chi connectivity index (χ1) is 14.8. The van der Waals surface area contributed by atoms with Gasteiger partial charge >= 0.3 is 0 Å². The number of rotatable bonds is 7. The summed E-state index contributed by atoms with van der Waals surface area (Å²) in [4.78, 5) is 27.4. The lowest BCUT2D eigenvalue weighted by Crippen LogP contribution is -2.64. The summed E-state index contributed by atoms with van der Waals surface area (Å²) in [6.45, 7) is 3.87. The van der Waals surface area contributed by atoms with Crippen molar-refractivity contribution >= 4 is 39.7 Å². The van der Waals surface area contributed by atoms with Crippen LogP contribution >= 0.6 is 27.9 Å². The fraction of sp³-hybridized carbons (Fsp3) is 0.667. The van der Waals surface area contributed by atoms with E-state index in [-0.39, 0.29) is 17.4 Å². The molecule has 168 valence electrons. The van der Waals surface area contributed by atoms with Crippen LogP contribution in [0.4, 0.5) is 0 Å². The van der Waals surface area contributed by atoms with Gasteiger partial charge in [0.1, 0.15) is 5.54 Å². The van der Waals surface area contributed by atoms with Crippen LogP contribution in [0.1, 0.15) is 58.8 Å². The summed E-state index contributed by atoms with van der Waals surface area (Å²) < 4.78 is 4.37. The maximum atomic E-state index is 13.3. The lowest BCUT2D eigenvalue weighted by atomic mass is 9.47. The van der Waals surface area contributed by atoms with Crippen molar-refractivity contribution in [3.63, 3.8) is 0 Å². The SMILES string of the molecule is CC(C)(NSc1ccccc1Br)C(=O)NC1C2CC3CC1CC(C(=O)NC1CC1)(C3)C2. The van der Waals surface area contributed by atoms with Gasteiger partial charge in [-0.25, -0.2) is 4.72 Å². The largest absolute Gasteiger partial charge is 0.353 e. The highest BCUT2D eigenvalue weighted by Gasteiger charge is 2.59. The molecule has 1 aromatic rings. The van der Waals surface area contributed by atoms with Crippen LogP contribution in [-0.4, -0.2) is 29.4 Å². The Morgan fingerprint density at radius 1 is 1.06 bits per heavy atom. The topological polar surface area (TPSA) is 70.2 Å². The normalized spacial score (nSPS) is 33.9. The summed E-state index contributed by atoms with van der Waals surface area (Å²) in [5, 5.41) is 6.69. The molecule has 7 heteroatoms. The van der Waals surface area contributed by atoms with Gasteiger partial charge in [0.2, 0.25) is 11.8 Å². The van der Waals surface area contributed by atoms with E-state index in [2.05, 4.69) is 31.3 Å². The number of halogens is 1. The highest BCUT2D eigenvalue weighted by molar-refractivity contribution is 9.10. The second-order valence-corrected chi connectivity index (χ2v) is 12.5. The molecule has 0 aromatic heterocycles. The highest BCUT2D eigenvalue weighted by atomic mass is 79.9. The zero-order valence-corrected chi connectivity index (χ0v) is 20.7. The third-order valence-electron chi connectivity index (χ3n) is 7.79. The van der Waals surface area contributed by atoms with Crippen LogP contribution in [0, 0.1) is 23.2 Å². The Bertz CT molecular complexity index is 871. The Hall–Kier alpha value is -1.05. The molecule has 5 fully saturated rings. The molecule has 0 heterocycles. The van der Waals surface area contributed by atoms with Crippen LogP contribution < -0.4 is 15.4 Å². The standard InChI is InChI=1S/C24H32BrN3O2S/c1-23(2,28-31-19-6-4-3-5-18(19)25)21(29)27-20-15-9-14-10-16(20)13-24(11-14,12-15)22(30)26-17-7-8-17/h3-6,14-17,20,28H,7-13H2,1-2H3,(H,26,30)(H,27,29). The van der Waals surface area contributed by atoms with Crippen LogP contribution in [0.25, 0.3) is 0 Å². The average Bonchev–Trinajstić information content (AvgIpc) is 3.53. The van der Waals surface area contributed by atoms with Crippen molar-refractivity contribution in [3.05, 3.63) is 28.7 Å². The lowest BCUT2D eigenvalue weighted by molar-refractivity contribution is -0.151. The predicted octanol–water partition coefficient (Wildman–Crippen LogP) is 4.41. The van der Waals surface area contributed by atoms with Crippen molar-refractivity contribution in [2.45, 2.75) is 81.3 Å². The van der Waals surface area contributed by atoms with Gasteiger partial charge in [0.15, 0.2) is 0 Å². The number of nitrogens with one attached hydrogen (secondary N) is 3. The fourth-order valence-corrected chi connectivity index (χ4v) is 7.49. The Labute approximate surface area is 197 Å². The van der Waals surface area contributed by atoms with Gasteiger partial charge in [-0.05, 0) is 117 Å². The molecular weight excluding hydrogens is 474 g/mol. The number of carbonyl (C=O) groups excluding carboxylic acids is 2.